The molecule has 2 aliphatic rings. The maximum atomic E-state index is 2.54. The van der Waals surface area contributed by atoms with Crippen LogP contribution in [0.1, 0.15) is 22.3 Å². The quantitative estimate of drug-likeness (QED) is 0.163. The number of anilines is 3. The first-order chi connectivity index (χ1) is 31.3. The van der Waals surface area contributed by atoms with Crippen molar-refractivity contribution in [2.45, 2.75) is 5.41 Å². The average molecular weight is 801 g/mol. The zero-order valence-corrected chi connectivity index (χ0v) is 34.5. The van der Waals surface area contributed by atoms with Gasteiger partial charge >= 0.3 is 0 Å². The van der Waals surface area contributed by atoms with Crippen LogP contribution in [0, 0.1) is 0 Å². The summed E-state index contributed by atoms with van der Waals surface area (Å²) in [5.74, 6) is 0. The molecule has 0 atom stereocenters. The lowest BCUT2D eigenvalue weighted by Gasteiger charge is -2.40. The second-order valence-corrected chi connectivity index (χ2v) is 16.7. The van der Waals surface area contributed by atoms with Gasteiger partial charge in [-0.15, -0.1) is 0 Å². The highest BCUT2D eigenvalue weighted by atomic mass is 15.1. The van der Waals surface area contributed by atoms with Crippen LogP contribution in [0.15, 0.2) is 243 Å². The molecule has 1 spiro atoms. The topological polar surface area (TPSA) is 8.17 Å². The summed E-state index contributed by atoms with van der Waals surface area (Å²) in [4.78, 5) is 2.54. The van der Waals surface area contributed by atoms with Gasteiger partial charge in [0.1, 0.15) is 0 Å². The standard InChI is InChI=1S/C61H40N2/c1-3-21-41(22-4-1)44-25-7-8-27-46(44)49-30-12-18-36-57(49)62(56-35-17-11-26-45(56)42-23-5-2-6-24-42)43-39-51-50-31-13-19-37-58(50)63-59-38-20-16-34-54(59)61(55(40-43)60(51)63)52-32-14-9-28-47(52)48-29-10-15-33-53(48)61/h1-40H. The van der Waals surface area contributed by atoms with E-state index in [1.54, 1.807) is 0 Å². The van der Waals surface area contributed by atoms with Crippen molar-refractivity contribution >= 4 is 38.9 Å². The highest BCUT2D eigenvalue weighted by molar-refractivity contribution is 6.15. The van der Waals surface area contributed by atoms with Gasteiger partial charge in [0.25, 0.3) is 0 Å². The van der Waals surface area contributed by atoms with Crippen molar-refractivity contribution in [1.29, 1.82) is 0 Å². The number of hydrogen-bond acceptors (Lipinski definition) is 1. The van der Waals surface area contributed by atoms with Crippen LogP contribution in [0.5, 0.6) is 0 Å². The maximum absolute atomic E-state index is 2.54. The third-order valence-corrected chi connectivity index (χ3v) is 13.6. The minimum atomic E-state index is -0.577. The Morgan fingerprint density at radius 2 is 0.794 bits per heavy atom. The number of para-hydroxylation sites is 4. The number of aromatic nitrogens is 1. The monoisotopic (exact) mass is 800 g/mol. The van der Waals surface area contributed by atoms with E-state index >= 15 is 0 Å². The molecule has 0 bridgehead atoms. The van der Waals surface area contributed by atoms with Crippen molar-refractivity contribution in [2.75, 3.05) is 4.90 Å². The van der Waals surface area contributed by atoms with Crippen LogP contribution in [-0.4, -0.2) is 4.57 Å². The number of rotatable bonds is 6. The summed E-state index contributed by atoms with van der Waals surface area (Å²) in [7, 11) is 0. The van der Waals surface area contributed by atoms with Gasteiger partial charge in [-0.1, -0.05) is 206 Å². The summed E-state index contributed by atoms with van der Waals surface area (Å²) >= 11 is 0. The van der Waals surface area contributed by atoms with Crippen molar-refractivity contribution in [1.82, 2.24) is 4.57 Å². The lowest BCUT2D eigenvalue weighted by Crippen LogP contribution is -2.33. The Hall–Kier alpha value is -8.20. The molecule has 294 valence electrons. The van der Waals surface area contributed by atoms with E-state index in [0.717, 1.165) is 28.2 Å². The van der Waals surface area contributed by atoms with Crippen LogP contribution in [0.4, 0.5) is 17.1 Å². The molecular formula is C61H40N2. The van der Waals surface area contributed by atoms with E-state index in [9.17, 15) is 0 Å². The second-order valence-electron chi connectivity index (χ2n) is 16.7. The first-order valence-electron chi connectivity index (χ1n) is 21.9. The van der Waals surface area contributed by atoms with E-state index in [-0.39, 0.29) is 0 Å². The first-order valence-corrected chi connectivity index (χ1v) is 21.9. The summed E-state index contributed by atoms with van der Waals surface area (Å²) in [6.45, 7) is 0. The normalized spacial score (nSPS) is 12.9. The SMILES string of the molecule is c1ccc(-c2ccccc2-c2ccccc2N(c2cc3c4c(c2)c2ccccc2n4-c2ccccc2C32c3ccccc3-c3ccccc32)c2ccccc2-c2ccccc2)cc1. The Labute approximate surface area is 367 Å². The summed E-state index contributed by atoms with van der Waals surface area (Å²) < 4.78 is 2.54. The van der Waals surface area contributed by atoms with Crippen LogP contribution in [0.2, 0.25) is 0 Å². The Morgan fingerprint density at radius 1 is 0.317 bits per heavy atom. The predicted octanol–water partition coefficient (Wildman–Crippen LogP) is 15.9. The van der Waals surface area contributed by atoms with Gasteiger partial charge in [0.15, 0.2) is 0 Å². The first kappa shape index (κ1) is 35.5. The molecule has 13 rings (SSSR count). The van der Waals surface area contributed by atoms with Crippen molar-refractivity contribution < 1.29 is 0 Å². The van der Waals surface area contributed by atoms with Crippen LogP contribution in [-0.2, 0) is 5.41 Å². The molecule has 1 aliphatic heterocycles. The van der Waals surface area contributed by atoms with Gasteiger partial charge in [0, 0.05) is 27.6 Å². The zero-order valence-electron chi connectivity index (χ0n) is 34.5. The van der Waals surface area contributed by atoms with E-state index in [0.29, 0.717) is 0 Å². The lowest BCUT2D eigenvalue weighted by atomic mass is 9.65. The Bertz CT molecular complexity index is 3530. The molecule has 1 aliphatic carbocycles. The predicted molar refractivity (Wildman–Crippen MR) is 263 cm³/mol. The van der Waals surface area contributed by atoms with Gasteiger partial charge in [-0.25, -0.2) is 0 Å². The Morgan fingerprint density at radius 3 is 1.48 bits per heavy atom. The molecule has 63 heavy (non-hydrogen) atoms. The summed E-state index contributed by atoms with van der Waals surface area (Å²) in [6.07, 6.45) is 0. The molecule has 0 amide bonds. The fraction of sp³-hybridized carbons (Fsp3) is 0.0164. The molecular weight excluding hydrogens is 761 g/mol. The van der Waals surface area contributed by atoms with Crippen LogP contribution in [0.25, 0.3) is 72.0 Å². The van der Waals surface area contributed by atoms with Crippen LogP contribution < -0.4 is 4.90 Å². The summed E-state index contributed by atoms with van der Waals surface area (Å²) in [5, 5.41) is 2.47. The lowest BCUT2D eigenvalue weighted by molar-refractivity contribution is 0.748. The van der Waals surface area contributed by atoms with E-state index in [2.05, 4.69) is 252 Å². The minimum Gasteiger partial charge on any atom is -0.309 e. The molecule has 0 radical (unpaired) electrons. The number of benzene rings is 10. The average Bonchev–Trinajstić information content (AvgIpc) is 3.85. The Balaban J connectivity index is 1.19. The van der Waals surface area contributed by atoms with Crippen molar-refractivity contribution in [3.05, 3.63) is 265 Å². The third kappa shape index (κ3) is 5.07. The highest BCUT2D eigenvalue weighted by Gasteiger charge is 2.51. The number of fused-ring (bicyclic) bond motifs is 12. The molecule has 0 N–H and O–H groups in total. The van der Waals surface area contributed by atoms with Crippen LogP contribution in [0.3, 0.4) is 0 Å². The molecule has 2 heteroatoms. The fourth-order valence-corrected chi connectivity index (χ4v) is 11.1. The molecule has 11 aromatic rings. The van der Waals surface area contributed by atoms with Crippen molar-refractivity contribution in [2.24, 2.45) is 0 Å². The molecule has 0 unspecified atom stereocenters. The van der Waals surface area contributed by atoms with E-state index in [1.807, 2.05) is 0 Å². The Kier molecular flexibility index (Phi) is 7.85. The fourth-order valence-electron chi connectivity index (χ4n) is 11.1. The van der Waals surface area contributed by atoms with Crippen molar-refractivity contribution in [3.8, 4) is 50.2 Å². The molecule has 1 aromatic heterocycles. The molecule has 0 saturated heterocycles. The van der Waals surface area contributed by atoms with Gasteiger partial charge in [-0.3, -0.25) is 0 Å². The number of nitrogens with zero attached hydrogens (tertiary/aromatic N) is 2. The smallest absolute Gasteiger partial charge is 0.0755 e. The maximum Gasteiger partial charge on any atom is 0.0755 e. The third-order valence-electron chi connectivity index (χ3n) is 13.6. The van der Waals surface area contributed by atoms with Crippen LogP contribution >= 0.6 is 0 Å². The van der Waals surface area contributed by atoms with E-state index in [1.165, 1.54) is 83.1 Å². The molecule has 0 saturated carbocycles. The van der Waals surface area contributed by atoms with E-state index in [4.69, 9.17) is 0 Å². The zero-order chi connectivity index (χ0) is 41.5. The minimum absolute atomic E-state index is 0.577. The largest absolute Gasteiger partial charge is 0.309 e. The van der Waals surface area contributed by atoms with Gasteiger partial charge < -0.3 is 9.47 Å². The molecule has 10 aromatic carbocycles. The molecule has 2 heterocycles. The van der Waals surface area contributed by atoms with Gasteiger partial charge in [0.05, 0.1) is 33.5 Å². The molecule has 2 nitrogen and oxygen atoms in total. The van der Waals surface area contributed by atoms with Gasteiger partial charge in [0.2, 0.25) is 0 Å². The van der Waals surface area contributed by atoms with Gasteiger partial charge in [-0.05, 0) is 92.0 Å². The van der Waals surface area contributed by atoms with Gasteiger partial charge in [-0.2, -0.15) is 0 Å². The second kappa shape index (κ2) is 13.9. The summed E-state index contributed by atoms with van der Waals surface area (Å²) in [5.41, 5.74) is 21.3. The number of hydrogen-bond donors (Lipinski definition) is 0. The highest BCUT2D eigenvalue weighted by Crippen LogP contribution is 2.62. The molecule has 0 fully saturated rings. The van der Waals surface area contributed by atoms with Crippen molar-refractivity contribution in [3.63, 3.8) is 0 Å². The van der Waals surface area contributed by atoms with E-state index < -0.39 is 5.41 Å². The summed E-state index contributed by atoms with van der Waals surface area (Å²) in [6, 6.07) is 89.7.